The van der Waals surface area contributed by atoms with Crippen molar-refractivity contribution in [1.82, 2.24) is 0 Å². The Bertz CT molecular complexity index is 547. The Morgan fingerprint density at radius 1 is 1.06 bits per heavy atom. The van der Waals surface area contributed by atoms with Crippen LogP contribution in [0.1, 0.15) is 30.9 Å². The molecule has 0 aromatic heterocycles. The normalized spacial score (nSPS) is 10.9. The Hall–Kier alpha value is -1.31. The van der Waals surface area contributed by atoms with Crippen LogP contribution in [-0.2, 0) is 6.54 Å². The van der Waals surface area contributed by atoms with Crippen LogP contribution in [0.15, 0.2) is 42.5 Å². The molecule has 0 fully saturated rings. The number of benzene rings is 2. The third-order valence-corrected chi connectivity index (χ3v) is 3.30. The molecule has 2 aromatic rings. The molecule has 0 heterocycles. The first-order valence-corrected chi connectivity index (χ1v) is 6.58. The lowest BCUT2D eigenvalue weighted by Crippen LogP contribution is -1.96. The molecule has 18 heavy (non-hydrogen) atoms. The third kappa shape index (κ3) is 2.92. The first-order chi connectivity index (χ1) is 8.60. The van der Waals surface area contributed by atoms with Gasteiger partial charge >= 0.3 is 0 Å². The molecule has 2 rings (SSSR count). The summed E-state index contributed by atoms with van der Waals surface area (Å²) in [5.41, 5.74) is 10.4. The molecule has 0 aliphatic carbocycles. The largest absolute Gasteiger partial charge is 0.326 e. The number of rotatable bonds is 3. The molecule has 0 bridgehead atoms. The zero-order chi connectivity index (χ0) is 13.1. The zero-order valence-corrected chi connectivity index (χ0v) is 11.5. The van der Waals surface area contributed by atoms with E-state index in [1.807, 2.05) is 12.1 Å². The van der Waals surface area contributed by atoms with Crippen LogP contribution >= 0.6 is 11.6 Å². The number of nitrogens with two attached hydrogens (primary N) is 1. The summed E-state index contributed by atoms with van der Waals surface area (Å²) in [6.07, 6.45) is 0. The van der Waals surface area contributed by atoms with Crippen molar-refractivity contribution >= 4 is 11.6 Å². The van der Waals surface area contributed by atoms with E-state index in [-0.39, 0.29) is 0 Å². The predicted molar refractivity (Wildman–Crippen MR) is 78.9 cm³/mol. The molecule has 0 spiro atoms. The highest BCUT2D eigenvalue weighted by atomic mass is 35.5. The van der Waals surface area contributed by atoms with Crippen molar-refractivity contribution in [3.05, 3.63) is 58.6 Å². The first-order valence-electron chi connectivity index (χ1n) is 6.20. The average Bonchev–Trinajstić information content (AvgIpc) is 2.38. The van der Waals surface area contributed by atoms with Crippen molar-refractivity contribution in [2.75, 3.05) is 0 Å². The summed E-state index contributed by atoms with van der Waals surface area (Å²) < 4.78 is 0. The van der Waals surface area contributed by atoms with Crippen LogP contribution in [0.3, 0.4) is 0 Å². The van der Waals surface area contributed by atoms with Gasteiger partial charge in [0.1, 0.15) is 0 Å². The van der Waals surface area contributed by atoms with Gasteiger partial charge in [0.05, 0.1) is 0 Å². The average molecular weight is 260 g/mol. The van der Waals surface area contributed by atoms with Gasteiger partial charge < -0.3 is 5.73 Å². The lowest BCUT2D eigenvalue weighted by atomic mass is 9.96. The van der Waals surface area contributed by atoms with Crippen molar-refractivity contribution < 1.29 is 0 Å². The fourth-order valence-corrected chi connectivity index (χ4v) is 2.27. The minimum Gasteiger partial charge on any atom is -0.326 e. The van der Waals surface area contributed by atoms with Gasteiger partial charge in [-0.15, -0.1) is 0 Å². The third-order valence-electron chi connectivity index (χ3n) is 3.08. The maximum atomic E-state index is 6.13. The molecule has 0 saturated carbocycles. The summed E-state index contributed by atoms with van der Waals surface area (Å²) in [5, 5.41) is 0.739. The molecular weight excluding hydrogens is 242 g/mol. The van der Waals surface area contributed by atoms with E-state index in [2.05, 4.69) is 44.2 Å². The highest BCUT2D eigenvalue weighted by Gasteiger charge is 2.04. The van der Waals surface area contributed by atoms with Crippen LogP contribution in [0.25, 0.3) is 11.1 Å². The highest BCUT2D eigenvalue weighted by Crippen LogP contribution is 2.27. The number of hydrogen-bond donors (Lipinski definition) is 1. The fourth-order valence-electron chi connectivity index (χ4n) is 2.01. The molecule has 0 atom stereocenters. The fraction of sp³-hybridized carbons (Fsp3) is 0.250. The number of hydrogen-bond acceptors (Lipinski definition) is 1. The first kappa shape index (κ1) is 13.1. The summed E-state index contributed by atoms with van der Waals surface area (Å²) >= 11 is 6.13. The van der Waals surface area contributed by atoms with Gasteiger partial charge in [-0.25, -0.2) is 0 Å². The molecule has 0 radical (unpaired) electrons. The van der Waals surface area contributed by atoms with Gasteiger partial charge in [0.2, 0.25) is 0 Å². The van der Waals surface area contributed by atoms with Crippen LogP contribution in [0.4, 0.5) is 0 Å². The van der Waals surface area contributed by atoms with Crippen LogP contribution < -0.4 is 5.73 Å². The van der Waals surface area contributed by atoms with Gasteiger partial charge in [-0.2, -0.15) is 0 Å². The zero-order valence-electron chi connectivity index (χ0n) is 10.8. The molecule has 2 heteroatoms. The van der Waals surface area contributed by atoms with Crippen LogP contribution in [0, 0.1) is 0 Å². The van der Waals surface area contributed by atoms with Crippen molar-refractivity contribution in [3.63, 3.8) is 0 Å². The van der Waals surface area contributed by atoms with E-state index in [0.29, 0.717) is 12.5 Å². The van der Waals surface area contributed by atoms with E-state index in [1.165, 1.54) is 11.1 Å². The lowest BCUT2D eigenvalue weighted by Gasteiger charge is -2.10. The van der Waals surface area contributed by atoms with E-state index >= 15 is 0 Å². The Labute approximate surface area is 114 Å². The molecular formula is C16H18ClN. The van der Waals surface area contributed by atoms with E-state index in [0.717, 1.165) is 16.1 Å². The van der Waals surface area contributed by atoms with Crippen molar-refractivity contribution in [2.24, 2.45) is 5.73 Å². The van der Waals surface area contributed by atoms with Crippen LogP contribution in [-0.4, -0.2) is 0 Å². The second-order valence-corrected chi connectivity index (χ2v) is 5.27. The summed E-state index contributed by atoms with van der Waals surface area (Å²) in [4.78, 5) is 0. The highest BCUT2D eigenvalue weighted by molar-refractivity contribution is 6.31. The van der Waals surface area contributed by atoms with Gasteiger partial charge in [0.15, 0.2) is 0 Å². The van der Waals surface area contributed by atoms with E-state index in [9.17, 15) is 0 Å². The van der Waals surface area contributed by atoms with Crippen LogP contribution in [0.5, 0.6) is 0 Å². The second kappa shape index (κ2) is 5.55. The SMILES string of the molecule is CC(C)c1cccc(-c2cc(Cl)cc(CN)c2)c1. The monoisotopic (exact) mass is 259 g/mol. The minimum atomic E-state index is 0.511. The molecule has 2 aromatic carbocycles. The topological polar surface area (TPSA) is 26.0 Å². The molecule has 0 aliphatic rings. The van der Waals surface area contributed by atoms with Gasteiger partial charge in [-0.1, -0.05) is 49.7 Å². The Morgan fingerprint density at radius 3 is 2.50 bits per heavy atom. The van der Waals surface area contributed by atoms with Crippen molar-refractivity contribution in [1.29, 1.82) is 0 Å². The predicted octanol–water partition coefficient (Wildman–Crippen LogP) is 4.59. The van der Waals surface area contributed by atoms with Crippen molar-refractivity contribution in [2.45, 2.75) is 26.3 Å². The van der Waals surface area contributed by atoms with Gasteiger partial charge in [0.25, 0.3) is 0 Å². The molecule has 0 unspecified atom stereocenters. The second-order valence-electron chi connectivity index (χ2n) is 4.83. The summed E-state index contributed by atoms with van der Waals surface area (Å²) in [6, 6.07) is 14.6. The van der Waals surface area contributed by atoms with E-state index in [4.69, 9.17) is 17.3 Å². The molecule has 94 valence electrons. The maximum Gasteiger partial charge on any atom is 0.0415 e. The van der Waals surface area contributed by atoms with Crippen LogP contribution in [0.2, 0.25) is 5.02 Å². The summed E-state index contributed by atoms with van der Waals surface area (Å²) in [5.74, 6) is 0.526. The van der Waals surface area contributed by atoms with Gasteiger partial charge in [-0.05, 0) is 46.4 Å². The standard InChI is InChI=1S/C16H18ClN/c1-11(2)13-4-3-5-14(8-13)15-6-12(10-18)7-16(17)9-15/h3-9,11H,10,18H2,1-2H3. The molecule has 0 amide bonds. The Morgan fingerprint density at radius 2 is 1.83 bits per heavy atom. The summed E-state index contributed by atoms with van der Waals surface area (Å²) in [7, 11) is 0. The molecule has 0 aliphatic heterocycles. The Kier molecular flexibility index (Phi) is 4.05. The van der Waals surface area contributed by atoms with Crippen molar-refractivity contribution in [3.8, 4) is 11.1 Å². The van der Waals surface area contributed by atoms with E-state index in [1.54, 1.807) is 0 Å². The number of halogens is 1. The minimum absolute atomic E-state index is 0.511. The van der Waals surface area contributed by atoms with Gasteiger partial charge in [-0.3, -0.25) is 0 Å². The van der Waals surface area contributed by atoms with E-state index < -0.39 is 0 Å². The molecule has 2 N–H and O–H groups in total. The molecule has 0 saturated heterocycles. The smallest absolute Gasteiger partial charge is 0.0415 e. The maximum absolute atomic E-state index is 6.13. The quantitative estimate of drug-likeness (QED) is 0.857. The molecule has 1 nitrogen and oxygen atoms in total. The van der Waals surface area contributed by atoms with Gasteiger partial charge in [0, 0.05) is 11.6 Å². The lowest BCUT2D eigenvalue weighted by molar-refractivity contribution is 0.867. The Balaban J connectivity index is 2.47. The summed E-state index contributed by atoms with van der Waals surface area (Å²) in [6.45, 7) is 4.90.